The summed E-state index contributed by atoms with van der Waals surface area (Å²) in [6.45, 7) is 14.4. The predicted molar refractivity (Wildman–Crippen MR) is 85.5 cm³/mol. The van der Waals surface area contributed by atoms with E-state index < -0.39 is 0 Å². The molecular formula is C17H31N3. The molecule has 0 aromatic rings. The molecule has 2 saturated carbocycles. The van der Waals surface area contributed by atoms with E-state index in [-0.39, 0.29) is 0 Å². The van der Waals surface area contributed by atoms with Crippen molar-refractivity contribution >= 4 is 5.71 Å². The molecule has 3 nitrogen and oxygen atoms in total. The standard InChI is InChI=1S/C17H31N3/c1-16(2)14-5-6-17(16,3)15(13-14)18-7-8-20-11-9-19(4)10-12-20/h14H,5-13H2,1-4H3/t14-,17+/m1/s1. The van der Waals surface area contributed by atoms with Crippen molar-refractivity contribution in [1.82, 2.24) is 9.80 Å². The molecule has 20 heavy (non-hydrogen) atoms. The van der Waals surface area contributed by atoms with Crippen molar-refractivity contribution in [3.05, 3.63) is 0 Å². The van der Waals surface area contributed by atoms with Crippen molar-refractivity contribution in [2.24, 2.45) is 21.7 Å². The zero-order valence-electron chi connectivity index (χ0n) is 13.8. The molecule has 2 aliphatic carbocycles. The van der Waals surface area contributed by atoms with E-state index in [1.807, 2.05) is 0 Å². The first-order valence-corrected chi connectivity index (χ1v) is 8.38. The Morgan fingerprint density at radius 2 is 1.85 bits per heavy atom. The van der Waals surface area contributed by atoms with Gasteiger partial charge in [0.1, 0.15) is 0 Å². The number of rotatable bonds is 3. The average molecular weight is 277 g/mol. The summed E-state index contributed by atoms with van der Waals surface area (Å²) in [6, 6.07) is 0. The second-order valence-corrected chi connectivity index (χ2v) is 7.97. The summed E-state index contributed by atoms with van der Waals surface area (Å²) in [7, 11) is 2.22. The van der Waals surface area contributed by atoms with Gasteiger partial charge in [-0.2, -0.15) is 0 Å². The highest BCUT2D eigenvalue weighted by Gasteiger charge is 2.59. The number of hydrogen-bond acceptors (Lipinski definition) is 3. The average Bonchev–Trinajstić information content (AvgIpc) is 2.74. The van der Waals surface area contributed by atoms with Crippen molar-refractivity contribution in [3.8, 4) is 0 Å². The summed E-state index contributed by atoms with van der Waals surface area (Å²) in [4.78, 5) is 10.0. The van der Waals surface area contributed by atoms with Crippen molar-refractivity contribution in [2.45, 2.75) is 40.0 Å². The van der Waals surface area contributed by atoms with Gasteiger partial charge >= 0.3 is 0 Å². The SMILES string of the molecule is CN1CCN(CCN=C2C[C@H]3CC[C@]2(C)C3(C)C)CC1. The number of aliphatic imine (C=N–C) groups is 1. The lowest BCUT2D eigenvalue weighted by atomic mass is 9.70. The topological polar surface area (TPSA) is 18.8 Å². The van der Waals surface area contributed by atoms with Crippen LogP contribution < -0.4 is 0 Å². The first-order valence-electron chi connectivity index (χ1n) is 8.38. The summed E-state index contributed by atoms with van der Waals surface area (Å²) in [5, 5.41) is 0. The second kappa shape index (κ2) is 5.10. The van der Waals surface area contributed by atoms with Crippen LogP contribution in [0.5, 0.6) is 0 Å². The highest BCUT2D eigenvalue weighted by atomic mass is 15.2. The molecule has 0 N–H and O–H groups in total. The van der Waals surface area contributed by atoms with Gasteiger partial charge in [0.15, 0.2) is 0 Å². The Kier molecular flexibility index (Phi) is 3.70. The molecule has 3 rings (SSSR count). The molecule has 0 unspecified atom stereocenters. The molecule has 0 aromatic carbocycles. The van der Waals surface area contributed by atoms with E-state index in [1.165, 1.54) is 51.2 Å². The first kappa shape index (κ1) is 14.5. The fraction of sp³-hybridized carbons (Fsp3) is 0.941. The van der Waals surface area contributed by atoms with Gasteiger partial charge in [-0.1, -0.05) is 20.8 Å². The summed E-state index contributed by atoms with van der Waals surface area (Å²) < 4.78 is 0. The minimum atomic E-state index is 0.389. The van der Waals surface area contributed by atoms with Gasteiger partial charge in [0.25, 0.3) is 0 Å². The van der Waals surface area contributed by atoms with E-state index >= 15 is 0 Å². The first-order chi connectivity index (χ1) is 9.43. The third-order valence-corrected chi connectivity index (χ3v) is 6.83. The maximum atomic E-state index is 5.05. The van der Waals surface area contributed by atoms with Gasteiger partial charge in [-0.3, -0.25) is 9.89 Å². The smallest absolute Gasteiger partial charge is 0.0516 e. The fourth-order valence-corrected chi connectivity index (χ4v) is 4.57. The molecular weight excluding hydrogens is 246 g/mol. The molecule has 2 atom stereocenters. The predicted octanol–water partition coefficient (Wildman–Crippen LogP) is 2.52. The fourth-order valence-electron chi connectivity index (χ4n) is 4.57. The maximum absolute atomic E-state index is 5.05. The Balaban J connectivity index is 1.56. The zero-order chi connectivity index (χ0) is 14.4. The van der Waals surface area contributed by atoms with E-state index in [0.717, 1.165) is 19.0 Å². The Morgan fingerprint density at radius 3 is 2.40 bits per heavy atom. The number of hydrogen-bond donors (Lipinski definition) is 0. The van der Waals surface area contributed by atoms with E-state index in [2.05, 4.69) is 37.6 Å². The van der Waals surface area contributed by atoms with E-state index in [1.54, 1.807) is 0 Å². The lowest BCUT2D eigenvalue weighted by Crippen LogP contribution is -2.45. The molecule has 3 fully saturated rings. The van der Waals surface area contributed by atoms with E-state index in [0.29, 0.717) is 10.8 Å². The summed E-state index contributed by atoms with van der Waals surface area (Å²) in [5.41, 5.74) is 2.40. The molecule has 2 bridgehead atoms. The third-order valence-electron chi connectivity index (χ3n) is 6.83. The van der Waals surface area contributed by atoms with Crippen LogP contribution in [0.15, 0.2) is 4.99 Å². The Labute approximate surface area is 124 Å². The molecule has 0 spiro atoms. The molecule has 0 aromatic heterocycles. The van der Waals surface area contributed by atoms with Crippen molar-refractivity contribution < 1.29 is 0 Å². The van der Waals surface area contributed by atoms with Crippen molar-refractivity contribution in [1.29, 1.82) is 0 Å². The Bertz CT molecular complexity index is 393. The van der Waals surface area contributed by atoms with Gasteiger partial charge in [0.05, 0.1) is 6.54 Å². The van der Waals surface area contributed by atoms with Crippen LogP contribution in [0.1, 0.15) is 40.0 Å². The van der Waals surface area contributed by atoms with Crippen LogP contribution in [0, 0.1) is 16.7 Å². The quantitative estimate of drug-likeness (QED) is 0.789. The van der Waals surface area contributed by atoms with E-state index in [4.69, 9.17) is 4.99 Å². The normalized spacial score (nSPS) is 39.8. The van der Waals surface area contributed by atoms with Crippen LogP contribution in [0.3, 0.4) is 0 Å². The maximum Gasteiger partial charge on any atom is 0.0516 e. The van der Waals surface area contributed by atoms with Crippen molar-refractivity contribution in [3.63, 3.8) is 0 Å². The summed E-state index contributed by atoms with van der Waals surface area (Å²) in [6.07, 6.45) is 4.05. The van der Waals surface area contributed by atoms with Crippen molar-refractivity contribution in [2.75, 3.05) is 46.3 Å². The third kappa shape index (κ3) is 2.23. The van der Waals surface area contributed by atoms with Gasteiger partial charge in [-0.25, -0.2) is 0 Å². The van der Waals surface area contributed by atoms with Gasteiger partial charge in [-0.05, 0) is 37.6 Å². The number of fused-ring (bicyclic) bond motifs is 2. The highest BCUT2D eigenvalue weighted by Crippen LogP contribution is 2.63. The van der Waals surface area contributed by atoms with Crippen LogP contribution in [0.4, 0.5) is 0 Å². The van der Waals surface area contributed by atoms with Gasteiger partial charge in [-0.15, -0.1) is 0 Å². The van der Waals surface area contributed by atoms with Crippen LogP contribution in [-0.4, -0.2) is 61.8 Å². The van der Waals surface area contributed by atoms with Crippen LogP contribution >= 0.6 is 0 Å². The van der Waals surface area contributed by atoms with Crippen LogP contribution in [0.2, 0.25) is 0 Å². The molecule has 1 aliphatic heterocycles. The lowest BCUT2D eigenvalue weighted by Gasteiger charge is -2.35. The van der Waals surface area contributed by atoms with Crippen LogP contribution in [0.25, 0.3) is 0 Å². The second-order valence-electron chi connectivity index (χ2n) is 7.97. The molecule has 114 valence electrons. The monoisotopic (exact) mass is 277 g/mol. The summed E-state index contributed by atoms with van der Waals surface area (Å²) >= 11 is 0. The van der Waals surface area contributed by atoms with Gasteiger partial charge in [0.2, 0.25) is 0 Å². The molecule has 1 saturated heterocycles. The largest absolute Gasteiger partial charge is 0.304 e. The molecule has 0 amide bonds. The Morgan fingerprint density at radius 1 is 1.15 bits per heavy atom. The van der Waals surface area contributed by atoms with Gasteiger partial charge in [0, 0.05) is 43.9 Å². The van der Waals surface area contributed by atoms with Gasteiger partial charge < -0.3 is 4.90 Å². The lowest BCUT2D eigenvalue weighted by molar-refractivity contribution is 0.157. The minimum absolute atomic E-state index is 0.389. The van der Waals surface area contributed by atoms with Crippen LogP contribution in [-0.2, 0) is 0 Å². The molecule has 3 heteroatoms. The molecule has 1 heterocycles. The molecule has 3 aliphatic rings. The molecule has 0 radical (unpaired) electrons. The number of likely N-dealkylation sites (N-methyl/N-ethyl adjacent to an activating group) is 1. The zero-order valence-corrected chi connectivity index (χ0v) is 13.8. The summed E-state index contributed by atoms with van der Waals surface area (Å²) in [5.74, 6) is 0.884. The number of nitrogens with zero attached hydrogens (tertiary/aromatic N) is 3. The minimum Gasteiger partial charge on any atom is -0.304 e. The van der Waals surface area contributed by atoms with E-state index in [9.17, 15) is 0 Å². The highest BCUT2D eigenvalue weighted by molar-refractivity contribution is 5.94. The number of piperazine rings is 1. The Hall–Kier alpha value is -0.410.